The first-order valence-corrected chi connectivity index (χ1v) is 7.48. The fraction of sp³-hybridized carbons (Fsp3) is 0.562. The smallest absolute Gasteiger partial charge is 0.456 e. The van der Waals surface area contributed by atoms with Gasteiger partial charge in [-0.15, -0.1) is 6.58 Å². The Morgan fingerprint density at radius 1 is 1.11 bits per heavy atom. The Morgan fingerprint density at radius 3 is 2.14 bits per heavy atom. The van der Waals surface area contributed by atoms with E-state index in [0.29, 0.717) is 0 Å². The Bertz CT molecular complexity index is 615. The molecule has 0 fully saturated rings. The lowest BCUT2D eigenvalue weighted by atomic mass is 10.0. The monoisotopic (exact) mass is 418 g/mol. The van der Waals surface area contributed by atoms with Gasteiger partial charge in [0.05, 0.1) is 32.3 Å². The van der Waals surface area contributed by atoms with Crippen molar-refractivity contribution in [1.82, 2.24) is 0 Å². The van der Waals surface area contributed by atoms with Crippen LogP contribution in [0.3, 0.4) is 0 Å². The highest BCUT2D eigenvalue weighted by molar-refractivity contribution is 5.93. The first kappa shape index (κ1) is 25.5. The van der Waals surface area contributed by atoms with Crippen LogP contribution in [0, 0.1) is 0 Å². The predicted molar refractivity (Wildman–Crippen MR) is 83.2 cm³/mol. The summed E-state index contributed by atoms with van der Waals surface area (Å²) in [5.74, 6) is -9.42. The van der Waals surface area contributed by atoms with Crippen LogP contribution in [0.4, 0.5) is 22.0 Å². The van der Waals surface area contributed by atoms with Gasteiger partial charge in [-0.25, -0.2) is 9.59 Å². The van der Waals surface area contributed by atoms with Crippen molar-refractivity contribution < 1.29 is 55.3 Å². The number of esters is 3. The maximum absolute atomic E-state index is 12.8. The van der Waals surface area contributed by atoms with E-state index in [4.69, 9.17) is 9.47 Å². The van der Waals surface area contributed by atoms with E-state index in [2.05, 4.69) is 22.6 Å². The summed E-state index contributed by atoms with van der Waals surface area (Å²) in [6, 6.07) is 0. The van der Waals surface area contributed by atoms with Crippen LogP contribution < -0.4 is 0 Å². The molecule has 28 heavy (non-hydrogen) atoms. The van der Waals surface area contributed by atoms with Crippen LogP contribution in [-0.2, 0) is 33.3 Å². The highest BCUT2D eigenvalue weighted by Gasteiger charge is 2.58. The lowest BCUT2D eigenvalue weighted by Gasteiger charge is -2.26. The van der Waals surface area contributed by atoms with Gasteiger partial charge in [-0.3, -0.25) is 4.79 Å². The molecule has 160 valence electrons. The molecule has 0 N–H and O–H groups in total. The fourth-order valence-electron chi connectivity index (χ4n) is 1.55. The molecular weight excluding hydrogens is 399 g/mol. The van der Waals surface area contributed by atoms with Gasteiger partial charge in [0, 0.05) is 0 Å². The molecule has 0 heterocycles. The quantitative estimate of drug-likeness (QED) is 0.127. The van der Waals surface area contributed by atoms with Crippen LogP contribution in [0.2, 0.25) is 0 Å². The van der Waals surface area contributed by atoms with Gasteiger partial charge in [0.2, 0.25) is 5.60 Å². The van der Waals surface area contributed by atoms with E-state index in [-0.39, 0.29) is 18.8 Å². The minimum absolute atomic E-state index is 0.0698. The standard InChI is InChI=1S/C16H19F5O7/c1-5-6-26-8-10(2)12(23)28-14(3,13(24)25-4)7-11(22)27-9-15(17,18)16(19,20)21/h5H,1-2,6-9H2,3-4H3. The third kappa shape index (κ3) is 7.62. The van der Waals surface area contributed by atoms with Gasteiger partial charge in [-0.05, 0) is 6.92 Å². The molecule has 7 nitrogen and oxygen atoms in total. The molecular formula is C16H19F5O7. The third-order valence-corrected chi connectivity index (χ3v) is 3.05. The minimum Gasteiger partial charge on any atom is -0.466 e. The van der Waals surface area contributed by atoms with Crippen molar-refractivity contribution in [2.24, 2.45) is 0 Å². The highest BCUT2D eigenvalue weighted by atomic mass is 19.4. The zero-order valence-corrected chi connectivity index (χ0v) is 15.1. The normalized spacial score (nSPS) is 13.8. The number of alkyl halides is 5. The van der Waals surface area contributed by atoms with E-state index in [1.807, 2.05) is 0 Å². The molecule has 0 saturated carbocycles. The van der Waals surface area contributed by atoms with Crippen LogP contribution in [-0.4, -0.2) is 62.5 Å². The number of ether oxygens (including phenoxy) is 4. The van der Waals surface area contributed by atoms with E-state index >= 15 is 0 Å². The summed E-state index contributed by atoms with van der Waals surface area (Å²) < 4.78 is 79.9. The zero-order chi connectivity index (χ0) is 22.2. The van der Waals surface area contributed by atoms with E-state index in [9.17, 15) is 36.3 Å². The maximum atomic E-state index is 12.8. The first-order chi connectivity index (χ1) is 12.7. The highest BCUT2D eigenvalue weighted by Crippen LogP contribution is 2.35. The van der Waals surface area contributed by atoms with E-state index in [0.717, 1.165) is 14.0 Å². The van der Waals surface area contributed by atoms with Gasteiger partial charge in [-0.1, -0.05) is 12.7 Å². The molecule has 0 aliphatic rings. The van der Waals surface area contributed by atoms with E-state index < -0.39 is 48.6 Å². The second kappa shape index (κ2) is 10.2. The summed E-state index contributed by atoms with van der Waals surface area (Å²) in [4.78, 5) is 35.4. The molecule has 1 unspecified atom stereocenters. The van der Waals surface area contributed by atoms with E-state index in [1.165, 1.54) is 6.08 Å². The molecule has 0 bridgehead atoms. The second-order valence-electron chi connectivity index (χ2n) is 5.56. The fourth-order valence-corrected chi connectivity index (χ4v) is 1.55. The minimum atomic E-state index is -5.94. The lowest BCUT2D eigenvalue weighted by Crippen LogP contribution is -2.45. The van der Waals surface area contributed by atoms with Crippen LogP contribution in [0.1, 0.15) is 13.3 Å². The van der Waals surface area contributed by atoms with Crippen molar-refractivity contribution in [3.63, 3.8) is 0 Å². The predicted octanol–water partition coefficient (Wildman–Crippen LogP) is 2.35. The Balaban J connectivity index is 5.08. The van der Waals surface area contributed by atoms with Gasteiger partial charge in [0.25, 0.3) is 0 Å². The average Bonchev–Trinajstić information content (AvgIpc) is 2.58. The van der Waals surface area contributed by atoms with Crippen LogP contribution in [0.25, 0.3) is 0 Å². The number of rotatable bonds is 11. The summed E-state index contributed by atoms with van der Waals surface area (Å²) in [5.41, 5.74) is -2.63. The van der Waals surface area contributed by atoms with Gasteiger partial charge in [-0.2, -0.15) is 22.0 Å². The lowest BCUT2D eigenvalue weighted by molar-refractivity contribution is -0.294. The van der Waals surface area contributed by atoms with Crippen molar-refractivity contribution in [3.8, 4) is 0 Å². The SMILES string of the molecule is C=CCOCC(=C)C(=O)OC(C)(CC(=O)OCC(F)(F)C(F)(F)F)C(=O)OC. The van der Waals surface area contributed by atoms with Crippen LogP contribution >= 0.6 is 0 Å². The Kier molecular flexibility index (Phi) is 9.25. The number of carbonyl (C=O) groups excluding carboxylic acids is 3. The molecule has 0 radical (unpaired) electrons. The molecule has 12 heteroatoms. The Labute approximate surface area is 157 Å². The number of hydrogen-bond acceptors (Lipinski definition) is 7. The summed E-state index contributed by atoms with van der Waals surface area (Å²) in [7, 11) is 0.875. The number of halogens is 5. The summed E-state index contributed by atoms with van der Waals surface area (Å²) in [6.45, 7) is 5.05. The summed E-state index contributed by atoms with van der Waals surface area (Å²) in [5, 5.41) is 0. The Morgan fingerprint density at radius 2 is 1.68 bits per heavy atom. The largest absolute Gasteiger partial charge is 0.466 e. The molecule has 0 aliphatic heterocycles. The molecule has 1 atom stereocenters. The number of carbonyl (C=O) groups is 3. The van der Waals surface area contributed by atoms with Gasteiger partial charge < -0.3 is 18.9 Å². The van der Waals surface area contributed by atoms with E-state index in [1.54, 1.807) is 0 Å². The Hall–Kier alpha value is -2.50. The number of methoxy groups -OCH3 is 1. The molecule has 0 rings (SSSR count). The van der Waals surface area contributed by atoms with Crippen molar-refractivity contribution in [1.29, 1.82) is 0 Å². The molecule has 0 amide bonds. The third-order valence-electron chi connectivity index (χ3n) is 3.05. The van der Waals surface area contributed by atoms with Gasteiger partial charge in [0.1, 0.15) is 0 Å². The van der Waals surface area contributed by atoms with Gasteiger partial charge >= 0.3 is 30.0 Å². The number of hydrogen-bond donors (Lipinski definition) is 0. The second-order valence-corrected chi connectivity index (χ2v) is 5.56. The van der Waals surface area contributed by atoms with Crippen LogP contribution in [0.15, 0.2) is 24.8 Å². The molecule has 0 saturated heterocycles. The van der Waals surface area contributed by atoms with Gasteiger partial charge in [0.15, 0.2) is 6.61 Å². The topological polar surface area (TPSA) is 88.1 Å². The zero-order valence-electron chi connectivity index (χ0n) is 15.1. The first-order valence-electron chi connectivity index (χ1n) is 7.48. The molecule has 0 aliphatic carbocycles. The summed E-state index contributed by atoms with van der Waals surface area (Å²) in [6.07, 6.45) is -5.74. The van der Waals surface area contributed by atoms with Crippen molar-refractivity contribution in [2.75, 3.05) is 26.9 Å². The molecule has 0 aromatic carbocycles. The molecule has 0 aromatic heterocycles. The molecule has 0 aromatic rings. The maximum Gasteiger partial charge on any atom is 0.456 e. The summed E-state index contributed by atoms with van der Waals surface area (Å²) >= 11 is 0. The van der Waals surface area contributed by atoms with Crippen molar-refractivity contribution in [3.05, 3.63) is 24.8 Å². The van der Waals surface area contributed by atoms with Crippen molar-refractivity contribution in [2.45, 2.75) is 31.0 Å². The van der Waals surface area contributed by atoms with Crippen molar-refractivity contribution >= 4 is 17.9 Å². The average molecular weight is 418 g/mol. The molecule has 0 spiro atoms. The van der Waals surface area contributed by atoms with Crippen LogP contribution in [0.5, 0.6) is 0 Å².